The molecule has 0 spiro atoms. The number of carbonyl (C=O) groups excluding carboxylic acids is 1. The molecule has 2 aromatic heterocycles. The van der Waals surface area contributed by atoms with Crippen molar-refractivity contribution in [2.45, 2.75) is 25.9 Å². The van der Waals surface area contributed by atoms with E-state index in [-0.39, 0.29) is 11.5 Å². The van der Waals surface area contributed by atoms with Crippen molar-refractivity contribution < 1.29 is 4.79 Å². The van der Waals surface area contributed by atoms with Crippen molar-refractivity contribution in [3.8, 4) is 0 Å². The van der Waals surface area contributed by atoms with Gasteiger partial charge in [0, 0.05) is 55.2 Å². The van der Waals surface area contributed by atoms with Crippen LogP contribution in [0.4, 0.5) is 0 Å². The fourth-order valence-electron chi connectivity index (χ4n) is 1.90. The van der Waals surface area contributed by atoms with E-state index < -0.39 is 0 Å². The first-order valence-corrected chi connectivity index (χ1v) is 7.53. The minimum atomic E-state index is -0.105. The number of hydrogen-bond acceptors (Lipinski definition) is 3. The molecule has 7 heteroatoms. The lowest BCUT2D eigenvalue weighted by Gasteiger charge is -2.07. The van der Waals surface area contributed by atoms with Crippen LogP contribution in [0.1, 0.15) is 12.8 Å². The van der Waals surface area contributed by atoms with Crippen molar-refractivity contribution in [1.29, 1.82) is 0 Å². The number of aryl methyl sites for hydroxylation is 2. The molecule has 0 aliphatic carbocycles. The highest BCUT2D eigenvalue weighted by Gasteiger charge is 2.03. The Kier molecular flexibility index (Phi) is 5.74. The Labute approximate surface area is 130 Å². The number of nitrogens with zero attached hydrogens (tertiary/aromatic N) is 3. The minimum Gasteiger partial charge on any atom is -0.356 e. The smallest absolute Gasteiger partial charge is 0.250 e. The molecule has 0 aliphatic rings. The van der Waals surface area contributed by atoms with Gasteiger partial charge in [-0.15, -0.1) is 0 Å². The number of nitrogens with one attached hydrogen (secondary N) is 1. The Morgan fingerprint density at radius 2 is 2.19 bits per heavy atom. The van der Waals surface area contributed by atoms with E-state index in [4.69, 9.17) is 0 Å². The summed E-state index contributed by atoms with van der Waals surface area (Å²) in [5, 5.41) is 2.85. The lowest BCUT2D eigenvalue weighted by molar-refractivity contribution is -0.121. The summed E-state index contributed by atoms with van der Waals surface area (Å²) >= 11 is 3.31. The van der Waals surface area contributed by atoms with Crippen LogP contribution in [-0.2, 0) is 17.9 Å². The minimum absolute atomic E-state index is 0.0486. The van der Waals surface area contributed by atoms with Gasteiger partial charge in [-0.3, -0.25) is 9.59 Å². The Hall–Kier alpha value is -1.89. The first-order valence-electron chi connectivity index (χ1n) is 6.73. The molecule has 0 fully saturated rings. The zero-order valence-electron chi connectivity index (χ0n) is 11.5. The highest BCUT2D eigenvalue weighted by molar-refractivity contribution is 9.10. The summed E-state index contributed by atoms with van der Waals surface area (Å²) in [5.41, 5.74) is -0.105. The topological polar surface area (TPSA) is 68.9 Å². The summed E-state index contributed by atoms with van der Waals surface area (Å²) in [6.45, 7) is 1.82. The quantitative estimate of drug-likeness (QED) is 0.766. The number of aromatic nitrogens is 3. The fraction of sp³-hybridized carbons (Fsp3) is 0.357. The van der Waals surface area contributed by atoms with Gasteiger partial charge in [0.25, 0.3) is 5.56 Å². The summed E-state index contributed by atoms with van der Waals surface area (Å²) in [6, 6.07) is 3.17. The number of imidazole rings is 1. The fourth-order valence-corrected chi connectivity index (χ4v) is 2.28. The van der Waals surface area contributed by atoms with E-state index in [0.717, 1.165) is 17.4 Å². The van der Waals surface area contributed by atoms with E-state index in [1.54, 1.807) is 24.8 Å². The number of rotatable bonds is 7. The highest BCUT2D eigenvalue weighted by atomic mass is 79.9. The van der Waals surface area contributed by atoms with Crippen molar-refractivity contribution in [3.05, 3.63) is 51.9 Å². The molecule has 1 amide bonds. The Morgan fingerprint density at radius 3 is 2.95 bits per heavy atom. The van der Waals surface area contributed by atoms with E-state index in [0.29, 0.717) is 19.5 Å². The lowest BCUT2D eigenvalue weighted by atomic mass is 10.3. The molecular formula is C14H17BrN4O2. The molecule has 0 aliphatic heterocycles. The molecule has 0 saturated carbocycles. The third kappa shape index (κ3) is 5.18. The van der Waals surface area contributed by atoms with E-state index in [1.807, 2.05) is 10.8 Å². The molecule has 1 N–H and O–H groups in total. The first-order chi connectivity index (χ1) is 10.1. The molecule has 2 heterocycles. The van der Waals surface area contributed by atoms with Gasteiger partial charge in [-0.1, -0.05) is 0 Å². The maximum Gasteiger partial charge on any atom is 0.250 e. The van der Waals surface area contributed by atoms with Gasteiger partial charge in [0.2, 0.25) is 5.91 Å². The van der Waals surface area contributed by atoms with Crippen LogP contribution in [0.2, 0.25) is 0 Å². The molecule has 0 radical (unpaired) electrons. The molecule has 0 unspecified atom stereocenters. The van der Waals surface area contributed by atoms with Crippen LogP contribution in [0.25, 0.3) is 0 Å². The van der Waals surface area contributed by atoms with Gasteiger partial charge >= 0.3 is 0 Å². The average molecular weight is 353 g/mol. The van der Waals surface area contributed by atoms with Gasteiger partial charge in [-0.05, 0) is 28.4 Å². The molecule has 0 atom stereocenters. The highest BCUT2D eigenvalue weighted by Crippen LogP contribution is 2.05. The second-order valence-electron chi connectivity index (χ2n) is 4.63. The van der Waals surface area contributed by atoms with E-state index in [1.165, 1.54) is 10.6 Å². The molecule has 112 valence electrons. The van der Waals surface area contributed by atoms with E-state index in [2.05, 4.69) is 26.2 Å². The standard InChI is InChI=1S/C14H17BrN4O2/c15-12-2-3-14(21)19(10-12)8-4-13(20)17-5-1-7-18-9-6-16-11-18/h2-3,6,9-11H,1,4-5,7-8H2,(H,17,20). The van der Waals surface area contributed by atoms with Gasteiger partial charge in [-0.2, -0.15) is 0 Å². The number of pyridine rings is 1. The molecule has 6 nitrogen and oxygen atoms in total. The molecule has 0 bridgehead atoms. The summed E-state index contributed by atoms with van der Waals surface area (Å²) in [6.07, 6.45) is 8.20. The normalized spacial score (nSPS) is 10.5. The van der Waals surface area contributed by atoms with E-state index in [9.17, 15) is 9.59 Å². The molecule has 21 heavy (non-hydrogen) atoms. The van der Waals surface area contributed by atoms with Crippen LogP contribution in [-0.4, -0.2) is 26.6 Å². The molecule has 0 aromatic carbocycles. The summed E-state index contributed by atoms with van der Waals surface area (Å²) < 4.78 is 4.31. The number of hydrogen-bond donors (Lipinski definition) is 1. The van der Waals surface area contributed by atoms with Crippen molar-refractivity contribution in [2.75, 3.05) is 6.54 Å². The number of halogens is 1. The molecular weight excluding hydrogens is 336 g/mol. The summed E-state index contributed by atoms with van der Waals surface area (Å²) in [4.78, 5) is 27.2. The van der Waals surface area contributed by atoms with Crippen molar-refractivity contribution in [2.24, 2.45) is 0 Å². The molecule has 2 aromatic rings. The van der Waals surface area contributed by atoms with Crippen molar-refractivity contribution in [3.63, 3.8) is 0 Å². The molecule has 2 rings (SSSR count). The second-order valence-corrected chi connectivity index (χ2v) is 5.55. The summed E-state index contributed by atoms with van der Waals surface area (Å²) in [5.74, 6) is -0.0486. The SMILES string of the molecule is O=C(CCn1cc(Br)ccc1=O)NCCCn1ccnc1. The predicted molar refractivity (Wildman–Crippen MR) is 82.9 cm³/mol. The zero-order valence-corrected chi connectivity index (χ0v) is 13.1. The lowest BCUT2D eigenvalue weighted by Crippen LogP contribution is -2.28. The van der Waals surface area contributed by atoms with Crippen molar-refractivity contribution >= 4 is 21.8 Å². The Morgan fingerprint density at radius 1 is 1.33 bits per heavy atom. The third-order valence-corrected chi connectivity index (χ3v) is 3.47. The van der Waals surface area contributed by atoms with Gasteiger partial charge in [0.1, 0.15) is 0 Å². The van der Waals surface area contributed by atoms with Crippen LogP contribution in [0.5, 0.6) is 0 Å². The van der Waals surface area contributed by atoms with Crippen molar-refractivity contribution in [1.82, 2.24) is 19.4 Å². The maximum atomic E-state index is 11.7. The average Bonchev–Trinajstić information content (AvgIpc) is 2.98. The van der Waals surface area contributed by atoms with Gasteiger partial charge in [-0.25, -0.2) is 4.98 Å². The Balaban J connectivity index is 1.67. The van der Waals surface area contributed by atoms with Crippen LogP contribution in [0, 0.1) is 0 Å². The van der Waals surface area contributed by atoms with Crippen LogP contribution < -0.4 is 10.9 Å². The molecule has 0 saturated heterocycles. The largest absolute Gasteiger partial charge is 0.356 e. The second kappa shape index (κ2) is 7.78. The predicted octanol–water partition coefficient (Wildman–Crippen LogP) is 1.40. The third-order valence-electron chi connectivity index (χ3n) is 3.00. The Bertz CT molecular complexity index is 637. The monoisotopic (exact) mass is 352 g/mol. The zero-order chi connectivity index (χ0) is 15.1. The number of amides is 1. The van der Waals surface area contributed by atoms with Crippen LogP contribution in [0.3, 0.4) is 0 Å². The van der Waals surface area contributed by atoms with Gasteiger partial charge < -0.3 is 14.5 Å². The van der Waals surface area contributed by atoms with Crippen LogP contribution in [0.15, 0.2) is 46.3 Å². The summed E-state index contributed by atoms with van der Waals surface area (Å²) in [7, 11) is 0. The van der Waals surface area contributed by atoms with Gasteiger partial charge in [0.15, 0.2) is 0 Å². The van der Waals surface area contributed by atoms with Gasteiger partial charge in [0.05, 0.1) is 6.33 Å². The number of carbonyl (C=O) groups is 1. The van der Waals surface area contributed by atoms with E-state index >= 15 is 0 Å². The van der Waals surface area contributed by atoms with Crippen LogP contribution >= 0.6 is 15.9 Å². The maximum absolute atomic E-state index is 11.7. The first kappa shape index (κ1) is 15.5.